The first kappa shape index (κ1) is 33.1. The summed E-state index contributed by atoms with van der Waals surface area (Å²) >= 11 is 0. The van der Waals surface area contributed by atoms with Crippen LogP contribution in [0.1, 0.15) is 53.6 Å². The highest BCUT2D eigenvalue weighted by Crippen LogP contribution is 2.60. The van der Waals surface area contributed by atoms with Crippen molar-refractivity contribution in [2.75, 3.05) is 55.9 Å². The zero-order chi connectivity index (χ0) is 34.5. The molecule has 4 bridgehead atoms. The Kier molecular flexibility index (Phi) is 8.66. The average molecular weight is 678 g/mol. The van der Waals surface area contributed by atoms with Crippen LogP contribution in [-0.2, 0) is 11.0 Å². The lowest BCUT2D eigenvalue weighted by atomic mass is 9.48. The molecular weight excluding hydrogens is 635 g/mol. The molecule has 8 rings (SSSR count). The van der Waals surface area contributed by atoms with E-state index >= 15 is 0 Å². The first-order chi connectivity index (χ1) is 23.5. The standard InChI is InChI=1S/C36H42F3N7O3/c1-21-5-4-6-26(33(48)40-2)30(21)43-32-27(36(37,38)39)19-41-34(44-32)42-28-8-7-25(15-29(28)49-3)45-9-11-46(12-10-45)31-23-13-22-14-24(31)18-35(16-22,17-23)20-47/h4-8,15,19-20,22-24,31H,9-14,16-18H2,1-3H3,(H,40,48)(H2,41,42,43,44). The molecule has 13 heteroatoms. The third kappa shape index (κ3) is 6.28. The molecule has 3 N–H and O–H groups in total. The van der Waals surface area contributed by atoms with Gasteiger partial charge in [-0.1, -0.05) is 12.1 Å². The lowest BCUT2D eigenvalue weighted by Gasteiger charge is -2.61. The highest BCUT2D eigenvalue weighted by atomic mass is 19.4. The van der Waals surface area contributed by atoms with Gasteiger partial charge in [-0.25, -0.2) is 4.98 Å². The first-order valence-corrected chi connectivity index (χ1v) is 16.9. The number of carbonyl (C=O) groups is 2. The van der Waals surface area contributed by atoms with E-state index in [9.17, 15) is 22.8 Å². The van der Waals surface area contributed by atoms with E-state index in [0.717, 1.165) is 57.3 Å². The fraction of sp³-hybridized carbons (Fsp3) is 0.500. The molecule has 5 fully saturated rings. The lowest BCUT2D eigenvalue weighted by Crippen LogP contribution is -2.62. The number of piperazine rings is 1. The van der Waals surface area contributed by atoms with Crippen LogP contribution in [0.15, 0.2) is 42.6 Å². The quantitative estimate of drug-likeness (QED) is 0.229. The number of carbonyl (C=O) groups excluding carboxylic acids is 2. The number of halogens is 3. The van der Waals surface area contributed by atoms with Gasteiger partial charge in [-0.15, -0.1) is 0 Å². The number of methoxy groups -OCH3 is 1. The maximum atomic E-state index is 14.1. The maximum Gasteiger partial charge on any atom is 0.421 e. The molecule has 2 unspecified atom stereocenters. The highest BCUT2D eigenvalue weighted by Gasteiger charge is 2.56. The molecule has 260 valence electrons. The molecule has 2 atom stereocenters. The summed E-state index contributed by atoms with van der Waals surface area (Å²) in [5.74, 6) is 1.44. The van der Waals surface area contributed by atoms with Crippen molar-refractivity contribution < 1.29 is 27.5 Å². The Morgan fingerprint density at radius 2 is 1.78 bits per heavy atom. The largest absolute Gasteiger partial charge is 0.494 e. The van der Waals surface area contributed by atoms with Crippen molar-refractivity contribution in [3.63, 3.8) is 0 Å². The number of para-hydroxylation sites is 1. The second-order valence-corrected chi connectivity index (χ2v) is 14.1. The van der Waals surface area contributed by atoms with Crippen molar-refractivity contribution >= 4 is 41.0 Å². The Labute approximate surface area is 283 Å². The van der Waals surface area contributed by atoms with Crippen LogP contribution in [-0.4, -0.2) is 73.4 Å². The van der Waals surface area contributed by atoms with Gasteiger partial charge in [0.1, 0.15) is 23.4 Å². The number of aryl methyl sites for hydroxylation is 1. The van der Waals surface area contributed by atoms with Crippen molar-refractivity contribution in [2.45, 2.75) is 51.2 Å². The smallest absolute Gasteiger partial charge is 0.421 e. The lowest BCUT2D eigenvalue weighted by molar-refractivity contribution is -0.142. The number of hydrogen-bond acceptors (Lipinski definition) is 9. The van der Waals surface area contributed by atoms with Crippen molar-refractivity contribution in [3.8, 4) is 5.75 Å². The summed E-state index contributed by atoms with van der Waals surface area (Å²) in [7, 11) is 3.00. The molecule has 49 heavy (non-hydrogen) atoms. The van der Waals surface area contributed by atoms with E-state index in [-0.39, 0.29) is 22.6 Å². The first-order valence-electron chi connectivity index (χ1n) is 16.9. The predicted octanol–water partition coefficient (Wildman–Crippen LogP) is 6.18. The number of nitrogens with one attached hydrogen (secondary N) is 3. The van der Waals surface area contributed by atoms with Gasteiger partial charge in [-0.05, 0) is 80.5 Å². The number of anilines is 5. The third-order valence-electron chi connectivity index (χ3n) is 11.1. The predicted molar refractivity (Wildman–Crippen MR) is 181 cm³/mol. The number of nitrogens with zero attached hydrogens (tertiary/aromatic N) is 4. The normalized spacial score (nSPS) is 26.4. The Morgan fingerprint density at radius 1 is 1.04 bits per heavy atom. The molecule has 5 aliphatic rings. The minimum absolute atomic E-state index is 0.0676. The molecule has 2 aromatic carbocycles. The van der Waals surface area contributed by atoms with Crippen LogP contribution in [0.3, 0.4) is 0 Å². The van der Waals surface area contributed by atoms with Gasteiger partial charge >= 0.3 is 6.18 Å². The van der Waals surface area contributed by atoms with Crippen LogP contribution < -0.4 is 25.6 Å². The van der Waals surface area contributed by atoms with Gasteiger partial charge in [0.2, 0.25) is 5.95 Å². The molecule has 1 aromatic heterocycles. The van der Waals surface area contributed by atoms with E-state index in [1.54, 1.807) is 26.2 Å². The van der Waals surface area contributed by atoms with Crippen LogP contribution in [0.5, 0.6) is 5.75 Å². The zero-order valence-corrected chi connectivity index (χ0v) is 27.9. The summed E-state index contributed by atoms with van der Waals surface area (Å²) in [6.07, 6.45) is 2.94. The Balaban J connectivity index is 1.07. The summed E-state index contributed by atoms with van der Waals surface area (Å²) in [5, 5.41) is 8.30. The van der Waals surface area contributed by atoms with Gasteiger partial charge in [-0.2, -0.15) is 18.2 Å². The van der Waals surface area contributed by atoms with Gasteiger partial charge in [0.15, 0.2) is 0 Å². The molecule has 0 radical (unpaired) electrons. The van der Waals surface area contributed by atoms with Gasteiger partial charge in [0.25, 0.3) is 5.91 Å². The van der Waals surface area contributed by atoms with Crippen LogP contribution >= 0.6 is 0 Å². The zero-order valence-electron chi connectivity index (χ0n) is 27.9. The van der Waals surface area contributed by atoms with Crippen LogP contribution in [0, 0.1) is 30.1 Å². The van der Waals surface area contributed by atoms with Gasteiger partial charge in [-0.3, -0.25) is 9.69 Å². The van der Waals surface area contributed by atoms with E-state index in [0.29, 0.717) is 40.8 Å². The maximum absolute atomic E-state index is 14.1. The molecule has 4 aliphatic carbocycles. The Bertz CT molecular complexity index is 1730. The molecule has 4 saturated carbocycles. The monoisotopic (exact) mass is 677 g/mol. The van der Waals surface area contributed by atoms with Crippen LogP contribution in [0.2, 0.25) is 0 Å². The van der Waals surface area contributed by atoms with Crippen molar-refractivity contribution in [3.05, 3.63) is 59.3 Å². The summed E-state index contributed by atoms with van der Waals surface area (Å²) in [6, 6.07) is 11.1. The van der Waals surface area contributed by atoms with Gasteiger partial charge in [0.05, 0.1) is 24.0 Å². The highest BCUT2D eigenvalue weighted by molar-refractivity contribution is 6.00. The average Bonchev–Trinajstić information content (AvgIpc) is 3.08. The molecule has 3 aromatic rings. The number of aromatic nitrogens is 2. The number of rotatable bonds is 9. The SMILES string of the molecule is CNC(=O)c1cccc(C)c1Nc1nc(Nc2ccc(N3CCN(C4C5CC6CC4CC(C=O)(C6)C5)CC3)cc2OC)ncc1C(F)(F)F. The minimum atomic E-state index is -4.74. The summed E-state index contributed by atoms with van der Waals surface area (Å²) < 4.78 is 47.9. The number of amides is 1. The fourth-order valence-corrected chi connectivity index (χ4v) is 9.20. The summed E-state index contributed by atoms with van der Waals surface area (Å²) in [4.78, 5) is 37.7. The van der Waals surface area contributed by atoms with Crippen LogP contribution in [0.25, 0.3) is 0 Å². The second kappa shape index (κ2) is 12.8. The number of ether oxygens (including phenoxy) is 1. The number of alkyl halides is 3. The van der Waals surface area contributed by atoms with Crippen molar-refractivity contribution in [1.29, 1.82) is 0 Å². The van der Waals surface area contributed by atoms with E-state index in [4.69, 9.17) is 4.74 Å². The molecule has 0 spiro atoms. The molecule has 10 nitrogen and oxygen atoms in total. The molecule has 1 amide bonds. The molecule has 2 heterocycles. The molecule has 1 saturated heterocycles. The number of hydrogen-bond donors (Lipinski definition) is 3. The van der Waals surface area contributed by atoms with Crippen LogP contribution in [0.4, 0.5) is 42.0 Å². The topological polar surface area (TPSA) is 112 Å². The number of aldehydes is 1. The molecule has 1 aliphatic heterocycles. The van der Waals surface area contributed by atoms with Crippen molar-refractivity contribution in [2.24, 2.45) is 23.2 Å². The van der Waals surface area contributed by atoms with Gasteiger partial charge in [0, 0.05) is 62.6 Å². The molecular formula is C36H42F3N7O3. The van der Waals surface area contributed by atoms with E-state index in [2.05, 4.69) is 35.7 Å². The summed E-state index contributed by atoms with van der Waals surface area (Å²) in [5.41, 5.74) is 1.33. The Hall–Kier alpha value is -4.39. The Morgan fingerprint density at radius 3 is 2.43 bits per heavy atom. The second-order valence-electron chi connectivity index (χ2n) is 14.1. The summed E-state index contributed by atoms with van der Waals surface area (Å²) in [6.45, 7) is 5.33. The fourth-order valence-electron chi connectivity index (χ4n) is 9.20. The number of benzene rings is 2. The van der Waals surface area contributed by atoms with E-state index < -0.39 is 23.5 Å². The van der Waals surface area contributed by atoms with E-state index in [1.165, 1.54) is 32.2 Å². The van der Waals surface area contributed by atoms with Gasteiger partial charge < -0.3 is 30.4 Å². The van der Waals surface area contributed by atoms with E-state index in [1.807, 2.05) is 18.2 Å². The van der Waals surface area contributed by atoms with Crippen molar-refractivity contribution in [1.82, 2.24) is 20.2 Å². The minimum Gasteiger partial charge on any atom is -0.494 e. The third-order valence-corrected chi connectivity index (χ3v) is 11.1.